The molecule has 6 nitrogen and oxygen atoms in total. The molecule has 0 atom stereocenters. The number of piperazine rings is 1. The molecule has 1 aromatic heterocycles. The molecule has 2 heterocycles. The van der Waals surface area contributed by atoms with Gasteiger partial charge in [-0.1, -0.05) is 19.1 Å². The Morgan fingerprint density at radius 2 is 1.72 bits per heavy atom. The molecular formula is C26H32N2O4. The second-order valence-electron chi connectivity index (χ2n) is 8.37. The van der Waals surface area contributed by atoms with Gasteiger partial charge in [-0.05, 0) is 62.2 Å². The van der Waals surface area contributed by atoms with Crippen LogP contribution < -0.4 is 10.2 Å². The number of benzene rings is 2. The number of ether oxygens (including phenoxy) is 1. The summed E-state index contributed by atoms with van der Waals surface area (Å²) < 4.78 is 11.6. The Morgan fingerprint density at radius 1 is 0.969 bits per heavy atom. The second-order valence-corrected chi connectivity index (χ2v) is 8.37. The molecule has 1 aliphatic heterocycles. The van der Waals surface area contributed by atoms with E-state index in [0.29, 0.717) is 34.5 Å². The summed E-state index contributed by atoms with van der Waals surface area (Å²) in [6.45, 7) is 9.95. The lowest BCUT2D eigenvalue weighted by Crippen LogP contribution is -2.46. The molecule has 0 unspecified atom stereocenters. The van der Waals surface area contributed by atoms with Crippen LogP contribution in [0.25, 0.3) is 22.1 Å². The van der Waals surface area contributed by atoms with E-state index < -0.39 is 0 Å². The molecule has 0 amide bonds. The van der Waals surface area contributed by atoms with Gasteiger partial charge in [0, 0.05) is 32.2 Å². The van der Waals surface area contributed by atoms with E-state index in [1.165, 1.54) is 45.4 Å². The summed E-state index contributed by atoms with van der Waals surface area (Å²) in [5.74, 6) is 0.879. The molecule has 3 aromatic rings. The number of hydrogen-bond acceptors (Lipinski definition) is 6. The molecule has 0 saturated carbocycles. The van der Waals surface area contributed by atoms with Gasteiger partial charge in [0.05, 0.1) is 17.6 Å². The molecule has 0 aliphatic carbocycles. The molecule has 1 N–H and O–H groups in total. The van der Waals surface area contributed by atoms with Crippen molar-refractivity contribution in [1.82, 2.24) is 9.80 Å². The van der Waals surface area contributed by atoms with E-state index >= 15 is 0 Å². The van der Waals surface area contributed by atoms with E-state index in [1.807, 2.05) is 6.07 Å². The first-order chi connectivity index (χ1) is 15.6. The number of unbranched alkanes of at least 4 members (excludes halogenated alkanes) is 2. The highest BCUT2D eigenvalue weighted by atomic mass is 16.5. The molecule has 170 valence electrons. The topological polar surface area (TPSA) is 66.2 Å². The molecule has 1 fully saturated rings. The van der Waals surface area contributed by atoms with Crippen molar-refractivity contribution in [2.75, 3.05) is 45.9 Å². The van der Waals surface area contributed by atoms with Gasteiger partial charge in [0.1, 0.15) is 23.3 Å². The van der Waals surface area contributed by atoms with Crippen LogP contribution in [-0.2, 0) is 0 Å². The van der Waals surface area contributed by atoms with Crippen LogP contribution in [0.3, 0.4) is 0 Å². The van der Waals surface area contributed by atoms with Gasteiger partial charge >= 0.3 is 0 Å². The Bertz CT molecular complexity index is 1070. The molecule has 6 heteroatoms. The number of likely N-dealkylation sites (N-methyl/N-ethyl adjacent to an activating group) is 1. The number of rotatable bonds is 9. The fourth-order valence-corrected chi connectivity index (χ4v) is 4.17. The van der Waals surface area contributed by atoms with Crippen LogP contribution in [0.4, 0.5) is 0 Å². The van der Waals surface area contributed by atoms with Crippen LogP contribution in [0.5, 0.6) is 11.5 Å². The second kappa shape index (κ2) is 10.7. The largest absolute Gasteiger partial charge is 0.508 e. The minimum absolute atomic E-state index is 0.0942. The Balaban J connectivity index is 1.26. The molecule has 1 aliphatic rings. The summed E-state index contributed by atoms with van der Waals surface area (Å²) in [5, 5.41) is 9.97. The van der Waals surface area contributed by atoms with Crippen LogP contribution in [0, 0.1) is 0 Å². The first-order valence-corrected chi connectivity index (χ1v) is 11.6. The zero-order chi connectivity index (χ0) is 22.3. The summed E-state index contributed by atoms with van der Waals surface area (Å²) in [6.07, 6.45) is 4.83. The quantitative estimate of drug-likeness (QED) is 0.503. The van der Waals surface area contributed by atoms with E-state index in [0.717, 1.165) is 19.4 Å². The van der Waals surface area contributed by atoms with Gasteiger partial charge in [-0.25, -0.2) is 0 Å². The van der Waals surface area contributed by atoms with Crippen molar-refractivity contribution in [3.05, 3.63) is 59.0 Å². The summed E-state index contributed by atoms with van der Waals surface area (Å²) >= 11 is 0. The van der Waals surface area contributed by atoms with Gasteiger partial charge in [0.25, 0.3) is 0 Å². The van der Waals surface area contributed by atoms with E-state index in [2.05, 4.69) is 16.7 Å². The fraction of sp³-hybridized carbons (Fsp3) is 0.423. The average molecular weight is 437 g/mol. The summed E-state index contributed by atoms with van der Waals surface area (Å²) in [4.78, 5) is 17.9. The minimum atomic E-state index is -0.0942. The third-order valence-corrected chi connectivity index (χ3v) is 6.22. The normalized spacial score (nSPS) is 15.3. The number of nitrogens with zero attached hydrogens (tertiary/aromatic N) is 2. The molecule has 0 spiro atoms. The maximum atomic E-state index is 12.9. The summed E-state index contributed by atoms with van der Waals surface area (Å²) in [7, 11) is 0. The predicted molar refractivity (Wildman–Crippen MR) is 127 cm³/mol. The highest BCUT2D eigenvalue weighted by Gasteiger charge is 2.14. The smallest absolute Gasteiger partial charge is 0.200 e. The maximum Gasteiger partial charge on any atom is 0.200 e. The SMILES string of the molecule is CCN1CCN(CCCCCOc2ccc3c(=O)c(-c4ccc(O)cc4)coc3c2)CC1. The molecule has 32 heavy (non-hydrogen) atoms. The zero-order valence-electron chi connectivity index (χ0n) is 18.8. The van der Waals surface area contributed by atoms with Gasteiger partial charge in [0.15, 0.2) is 5.43 Å². The van der Waals surface area contributed by atoms with Gasteiger partial charge < -0.3 is 24.1 Å². The van der Waals surface area contributed by atoms with E-state index in [9.17, 15) is 9.90 Å². The number of hydrogen-bond donors (Lipinski definition) is 1. The predicted octanol–water partition coefficient (Wildman–Crippen LogP) is 4.35. The van der Waals surface area contributed by atoms with Crippen LogP contribution in [-0.4, -0.2) is 60.8 Å². The van der Waals surface area contributed by atoms with Crippen molar-refractivity contribution in [3.8, 4) is 22.6 Å². The Morgan fingerprint density at radius 3 is 2.47 bits per heavy atom. The van der Waals surface area contributed by atoms with Gasteiger partial charge in [-0.15, -0.1) is 0 Å². The fourth-order valence-electron chi connectivity index (χ4n) is 4.17. The zero-order valence-corrected chi connectivity index (χ0v) is 18.8. The van der Waals surface area contributed by atoms with E-state index in [4.69, 9.17) is 9.15 Å². The van der Waals surface area contributed by atoms with Gasteiger partial charge in [0.2, 0.25) is 0 Å². The standard InChI is InChI=1S/C26H32N2O4/c1-2-27-13-15-28(16-14-27)12-4-3-5-17-31-22-10-11-23-25(18-22)32-19-24(26(23)30)20-6-8-21(29)9-7-20/h6-11,18-19,29H,2-5,12-17H2,1H3. The third-order valence-electron chi connectivity index (χ3n) is 6.22. The Kier molecular flexibility index (Phi) is 7.45. The lowest BCUT2D eigenvalue weighted by molar-refractivity contribution is 0.135. The van der Waals surface area contributed by atoms with Gasteiger partial charge in [-0.2, -0.15) is 0 Å². The molecular weight excluding hydrogens is 404 g/mol. The van der Waals surface area contributed by atoms with Crippen LogP contribution in [0.1, 0.15) is 26.2 Å². The Labute approximate surface area is 189 Å². The third kappa shape index (κ3) is 5.50. The average Bonchev–Trinajstić information content (AvgIpc) is 2.82. The van der Waals surface area contributed by atoms with E-state index in [-0.39, 0.29) is 11.2 Å². The molecule has 0 bridgehead atoms. The number of aromatic hydroxyl groups is 1. The van der Waals surface area contributed by atoms with Crippen molar-refractivity contribution < 1.29 is 14.3 Å². The number of fused-ring (bicyclic) bond motifs is 1. The highest BCUT2D eigenvalue weighted by Crippen LogP contribution is 2.24. The van der Waals surface area contributed by atoms with Gasteiger partial charge in [-0.3, -0.25) is 4.79 Å². The van der Waals surface area contributed by atoms with E-state index in [1.54, 1.807) is 36.4 Å². The van der Waals surface area contributed by atoms with Crippen molar-refractivity contribution in [2.45, 2.75) is 26.2 Å². The van der Waals surface area contributed by atoms with Crippen LogP contribution >= 0.6 is 0 Å². The van der Waals surface area contributed by atoms with Crippen LogP contribution in [0.2, 0.25) is 0 Å². The number of phenolic OH excluding ortho intramolecular Hbond substituents is 1. The molecule has 2 aromatic carbocycles. The molecule has 4 rings (SSSR count). The highest BCUT2D eigenvalue weighted by molar-refractivity contribution is 5.82. The van der Waals surface area contributed by atoms with Crippen molar-refractivity contribution in [2.24, 2.45) is 0 Å². The summed E-state index contributed by atoms with van der Waals surface area (Å²) in [5.41, 5.74) is 1.61. The van der Waals surface area contributed by atoms with Crippen molar-refractivity contribution in [3.63, 3.8) is 0 Å². The molecule has 0 radical (unpaired) electrons. The Hall–Kier alpha value is -2.83. The lowest BCUT2D eigenvalue weighted by Gasteiger charge is -2.33. The molecule has 1 saturated heterocycles. The first kappa shape index (κ1) is 22.4. The monoisotopic (exact) mass is 436 g/mol. The summed E-state index contributed by atoms with van der Waals surface area (Å²) in [6, 6.07) is 11.9. The van der Waals surface area contributed by atoms with Crippen LogP contribution in [0.15, 0.2) is 57.9 Å². The number of phenols is 1. The lowest BCUT2D eigenvalue weighted by atomic mass is 10.1. The first-order valence-electron chi connectivity index (χ1n) is 11.6. The minimum Gasteiger partial charge on any atom is -0.508 e. The van der Waals surface area contributed by atoms with Crippen molar-refractivity contribution in [1.29, 1.82) is 0 Å². The maximum absolute atomic E-state index is 12.9. The van der Waals surface area contributed by atoms with Crippen molar-refractivity contribution >= 4 is 11.0 Å².